The zero-order chi connectivity index (χ0) is 13.1. The lowest BCUT2D eigenvalue weighted by Gasteiger charge is -2.04. The Hall–Kier alpha value is -1.19. The van der Waals surface area contributed by atoms with Crippen LogP contribution in [-0.4, -0.2) is 5.78 Å². The molecule has 0 heterocycles. The Kier molecular flexibility index (Phi) is 4.15. The molecule has 0 saturated heterocycles. The highest BCUT2D eigenvalue weighted by Crippen LogP contribution is 2.20. The molecule has 0 fully saturated rings. The van der Waals surface area contributed by atoms with Crippen LogP contribution < -0.4 is 0 Å². The van der Waals surface area contributed by atoms with E-state index in [1.807, 2.05) is 6.07 Å². The van der Waals surface area contributed by atoms with Crippen molar-refractivity contribution in [1.82, 2.24) is 0 Å². The van der Waals surface area contributed by atoms with Crippen LogP contribution >= 0.6 is 27.5 Å². The van der Waals surface area contributed by atoms with Crippen LogP contribution in [0, 0.1) is 5.82 Å². The predicted octanol–water partition coefficient (Wildman–Crippen LogP) is 4.67. The van der Waals surface area contributed by atoms with Gasteiger partial charge in [0.25, 0.3) is 0 Å². The highest BCUT2D eigenvalue weighted by atomic mass is 79.9. The third-order valence-corrected chi connectivity index (χ3v) is 3.38. The third-order valence-electron chi connectivity index (χ3n) is 2.49. The van der Waals surface area contributed by atoms with E-state index in [1.54, 1.807) is 18.2 Å². The van der Waals surface area contributed by atoms with Gasteiger partial charge in [-0.2, -0.15) is 0 Å². The van der Waals surface area contributed by atoms with Crippen molar-refractivity contribution in [2.75, 3.05) is 0 Å². The predicted molar refractivity (Wildman–Crippen MR) is 73.6 cm³/mol. The minimum Gasteiger partial charge on any atom is -0.294 e. The van der Waals surface area contributed by atoms with E-state index in [2.05, 4.69) is 15.9 Å². The van der Waals surface area contributed by atoms with Crippen LogP contribution in [0.2, 0.25) is 5.02 Å². The molecule has 18 heavy (non-hydrogen) atoms. The summed E-state index contributed by atoms with van der Waals surface area (Å²) < 4.78 is 13.4. The first kappa shape index (κ1) is 13.2. The van der Waals surface area contributed by atoms with Crippen molar-refractivity contribution in [3.63, 3.8) is 0 Å². The number of ketones is 1. The van der Waals surface area contributed by atoms with Crippen molar-refractivity contribution in [3.05, 3.63) is 68.9 Å². The molecule has 0 aliphatic rings. The SMILES string of the molecule is O=C(Cc1cccc(Cl)c1)c1ccc(F)cc1Br. The summed E-state index contributed by atoms with van der Waals surface area (Å²) in [5, 5.41) is 0.596. The zero-order valence-corrected chi connectivity index (χ0v) is 11.6. The Morgan fingerprint density at radius 3 is 2.67 bits per heavy atom. The topological polar surface area (TPSA) is 17.1 Å². The molecule has 0 spiro atoms. The minimum absolute atomic E-state index is 0.0795. The van der Waals surface area contributed by atoms with Crippen LogP contribution in [-0.2, 0) is 6.42 Å². The molecule has 0 aromatic heterocycles. The molecule has 2 rings (SSSR count). The molecule has 0 aliphatic carbocycles. The molecule has 4 heteroatoms. The normalized spacial score (nSPS) is 10.4. The lowest BCUT2D eigenvalue weighted by molar-refractivity contribution is 0.0992. The number of benzene rings is 2. The van der Waals surface area contributed by atoms with E-state index in [-0.39, 0.29) is 18.0 Å². The summed E-state index contributed by atoms with van der Waals surface area (Å²) in [6.45, 7) is 0. The molecule has 0 radical (unpaired) electrons. The first-order valence-corrected chi connectivity index (χ1v) is 6.46. The Bertz CT molecular complexity index is 598. The molecular weight excluding hydrogens is 319 g/mol. The average Bonchev–Trinajstić information content (AvgIpc) is 2.28. The van der Waals surface area contributed by atoms with E-state index in [0.29, 0.717) is 15.1 Å². The van der Waals surface area contributed by atoms with Gasteiger partial charge in [0, 0.05) is 21.5 Å². The van der Waals surface area contributed by atoms with Gasteiger partial charge in [0.05, 0.1) is 0 Å². The molecule has 0 bridgehead atoms. The van der Waals surface area contributed by atoms with Crippen LogP contribution in [0.5, 0.6) is 0 Å². The summed E-state index contributed by atoms with van der Waals surface area (Å²) >= 11 is 9.04. The molecular formula is C14H9BrClFO. The molecule has 0 saturated carbocycles. The first-order chi connectivity index (χ1) is 8.56. The van der Waals surface area contributed by atoms with E-state index < -0.39 is 0 Å². The second-order valence-corrected chi connectivity index (χ2v) is 5.14. The molecule has 2 aromatic carbocycles. The molecule has 2 aromatic rings. The van der Waals surface area contributed by atoms with Gasteiger partial charge < -0.3 is 0 Å². The number of halogens is 3. The van der Waals surface area contributed by atoms with E-state index >= 15 is 0 Å². The summed E-state index contributed by atoms with van der Waals surface area (Å²) in [5.41, 5.74) is 1.31. The largest absolute Gasteiger partial charge is 0.294 e. The number of Topliss-reactive ketones (excluding diaryl/α,β-unsaturated/α-hetero) is 1. The van der Waals surface area contributed by atoms with Gasteiger partial charge in [-0.05, 0) is 51.8 Å². The number of hydrogen-bond acceptors (Lipinski definition) is 1. The molecule has 0 amide bonds. The molecule has 0 atom stereocenters. The maximum atomic E-state index is 12.9. The standard InChI is InChI=1S/C14H9BrClFO/c15-13-8-11(17)4-5-12(13)14(18)7-9-2-1-3-10(16)6-9/h1-6,8H,7H2. The first-order valence-electron chi connectivity index (χ1n) is 5.29. The van der Waals surface area contributed by atoms with Crippen LogP contribution in [0.25, 0.3) is 0 Å². The van der Waals surface area contributed by atoms with Crippen molar-refractivity contribution in [1.29, 1.82) is 0 Å². The van der Waals surface area contributed by atoms with Gasteiger partial charge in [0.2, 0.25) is 0 Å². The second-order valence-electron chi connectivity index (χ2n) is 3.85. The van der Waals surface area contributed by atoms with Gasteiger partial charge in [0.15, 0.2) is 5.78 Å². The highest BCUT2D eigenvalue weighted by Gasteiger charge is 2.11. The van der Waals surface area contributed by atoms with Gasteiger partial charge in [-0.15, -0.1) is 0 Å². The fourth-order valence-electron chi connectivity index (χ4n) is 1.64. The van der Waals surface area contributed by atoms with Gasteiger partial charge in [0.1, 0.15) is 5.82 Å². The number of carbonyl (C=O) groups excluding carboxylic acids is 1. The Morgan fingerprint density at radius 1 is 1.22 bits per heavy atom. The van der Waals surface area contributed by atoms with Crippen LogP contribution in [0.1, 0.15) is 15.9 Å². The van der Waals surface area contributed by atoms with Crippen molar-refractivity contribution in [2.45, 2.75) is 6.42 Å². The van der Waals surface area contributed by atoms with Crippen molar-refractivity contribution >= 4 is 33.3 Å². The molecule has 0 N–H and O–H groups in total. The highest BCUT2D eigenvalue weighted by molar-refractivity contribution is 9.10. The fraction of sp³-hybridized carbons (Fsp3) is 0.0714. The summed E-state index contributed by atoms with van der Waals surface area (Å²) in [4.78, 5) is 12.1. The second kappa shape index (κ2) is 5.63. The molecule has 0 aliphatic heterocycles. The smallest absolute Gasteiger partial charge is 0.168 e. The van der Waals surface area contributed by atoms with E-state index in [0.717, 1.165) is 5.56 Å². The number of rotatable bonds is 3. The van der Waals surface area contributed by atoms with Crippen molar-refractivity contribution in [2.24, 2.45) is 0 Å². The Morgan fingerprint density at radius 2 is 2.00 bits per heavy atom. The molecule has 0 unspecified atom stereocenters. The molecule has 92 valence electrons. The average molecular weight is 328 g/mol. The number of hydrogen-bond donors (Lipinski definition) is 0. The number of carbonyl (C=O) groups is 1. The lowest BCUT2D eigenvalue weighted by Crippen LogP contribution is -2.04. The van der Waals surface area contributed by atoms with Gasteiger partial charge >= 0.3 is 0 Å². The van der Waals surface area contributed by atoms with Crippen LogP contribution in [0.4, 0.5) is 4.39 Å². The van der Waals surface area contributed by atoms with E-state index in [9.17, 15) is 9.18 Å². The third kappa shape index (κ3) is 3.18. The van der Waals surface area contributed by atoms with E-state index in [4.69, 9.17) is 11.6 Å². The summed E-state index contributed by atoms with van der Waals surface area (Å²) in [7, 11) is 0. The van der Waals surface area contributed by atoms with Gasteiger partial charge in [-0.1, -0.05) is 23.7 Å². The van der Waals surface area contributed by atoms with Crippen LogP contribution in [0.15, 0.2) is 46.9 Å². The Balaban J connectivity index is 2.22. The minimum atomic E-state index is -0.374. The Labute approximate surface area is 118 Å². The summed E-state index contributed by atoms with van der Waals surface area (Å²) in [6.07, 6.45) is 0.241. The monoisotopic (exact) mass is 326 g/mol. The van der Waals surface area contributed by atoms with Gasteiger partial charge in [-0.25, -0.2) is 4.39 Å². The summed E-state index contributed by atoms with van der Waals surface area (Å²) in [6, 6.07) is 11.2. The fourth-order valence-corrected chi connectivity index (χ4v) is 2.43. The van der Waals surface area contributed by atoms with Crippen molar-refractivity contribution in [3.8, 4) is 0 Å². The maximum Gasteiger partial charge on any atom is 0.168 e. The zero-order valence-electron chi connectivity index (χ0n) is 9.29. The quantitative estimate of drug-likeness (QED) is 0.749. The molecule has 1 nitrogen and oxygen atoms in total. The van der Waals surface area contributed by atoms with Gasteiger partial charge in [-0.3, -0.25) is 4.79 Å². The van der Waals surface area contributed by atoms with E-state index in [1.165, 1.54) is 18.2 Å². The van der Waals surface area contributed by atoms with Crippen LogP contribution in [0.3, 0.4) is 0 Å². The summed E-state index contributed by atoms with van der Waals surface area (Å²) in [5.74, 6) is -0.453. The van der Waals surface area contributed by atoms with Crippen molar-refractivity contribution < 1.29 is 9.18 Å². The maximum absolute atomic E-state index is 12.9. The lowest BCUT2D eigenvalue weighted by atomic mass is 10.0.